The van der Waals surface area contributed by atoms with Crippen molar-refractivity contribution < 1.29 is 4.74 Å². The third-order valence-electron chi connectivity index (χ3n) is 3.67. The number of nitrogens with zero attached hydrogens (tertiary/aromatic N) is 2. The van der Waals surface area contributed by atoms with Gasteiger partial charge in [0.1, 0.15) is 5.82 Å². The van der Waals surface area contributed by atoms with Crippen LogP contribution >= 0.6 is 0 Å². The Kier molecular flexibility index (Phi) is 5.16. The second-order valence-electron chi connectivity index (χ2n) is 5.24. The Morgan fingerprint density at radius 3 is 3.11 bits per heavy atom. The third kappa shape index (κ3) is 3.91. The maximum atomic E-state index is 5.68. The number of nitrogens with one attached hydrogen (secondary N) is 1. The van der Waals surface area contributed by atoms with Gasteiger partial charge in [0.2, 0.25) is 0 Å². The largest absolute Gasteiger partial charge is 0.376 e. The van der Waals surface area contributed by atoms with E-state index >= 15 is 0 Å². The summed E-state index contributed by atoms with van der Waals surface area (Å²) in [5.41, 5.74) is 1.28. The molecule has 4 heteroatoms. The highest BCUT2D eigenvalue weighted by Crippen LogP contribution is 2.19. The molecule has 0 radical (unpaired) electrons. The summed E-state index contributed by atoms with van der Waals surface area (Å²) in [5, 5.41) is 3.43. The SMILES string of the molecule is CCNC(C)c1ccnc(N(C)CC2CCCO2)c1. The summed E-state index contributed by atoms with van der Waals surface area (Å²) in [4.78, 5) is 6.66. The molecule has 0 amide bonds. The van der Waals surface area contributed by atoms with Gasteiger partial charge in [0.05, 0.1) is 6.10 Å². The predicted octanol–water partition coefficient (Wildman–Crippen LogP) is 2.37. The molecule has 0 spiro atoms. The molecule has 1 aliphatic heterocycles. The number of aromatic nitrogens is 1. The molecule has 2 rings (SSSR count). The minimum absolute atomic E-state index is 0.363. The van der Waals surface area contributed by atoms with Gasteiger partial charge in [0.15, 0.2) is 0 Å². The van der Waals surface area contributed by atoms with Crippen LogP contribution in [0.4, 0.5) is 5.82 Å². The fraction of sp³-hybridized carbons (Fsp3) is 0.667. The highest BCUT2D eigenvalue weighted by molar-refractivity contribution is 5.41. The lowest BCUT2D eigenvalue weighted by Crippen LogP contribution is -2.29. The summed E-state index contributed by atoms with van der Waals surface area (Å²) in [6, 6.07) is 4.61. The number of hydrogen-bond donors (Lipinski definition) is 1. The van der Waals surface area contributed by atoms with Gasteiger partial charge in [-0.2, -0.15) is 0 Å². The van der Waals surface area contributed by atoms with Crippen LogP contribution in [0.25, 0.3) is 0 Å². The van der Waals surface area contributed by atoms with E-state index in [0.29, 0.717) is 12.1 Å². The van der Waals surface area contributed by atoms with Crippen LogP contribution in [-0.4, -0.2) is 37.8 Å². The lowest BCUT2D eigenvalue weighted by Gasteiger charge is -2.23. The molecule has 2 heterocycles. The third-order valence-corrected chi connectivity index (χ3v) is 3.67. The van der Waals surface area contributed by atoms with E-state index < -0.39 is 0 Å². The standard InChI is InChI=1S/C15H25N3O/c1-4-16-12(2)13-7-8-17-15(10-13)18(3)11-14-6-5-9-19-14/h7-8,10,12,14,16H,4-6,9,11H2,1-3H3. The molecule has 1 N–H and O–H groups in total. The highest BCUT2D eigenvalue weighted by Gasteiger charge is 2.18. The van der Waals surface area contributed by atoms with Crippen LogP contribution in [0.15, 0.2) is 18.3 Å². The molecule has 0 aliphatic carbocycles. The zero-order chi connectivity index (χ0) is 13.7. The normalized spacial score (nSPS) is 20.5. The average molecular weight is 263 g/mol. The number of anilines is 1. The summed E-state index contributed by atoms with van der Waals surface area (Å²) in [6.45, 7) is 7.12. The molecule has 106 valence electrons. The Morgan fingerprint density at radius 2 is 2.42 bits per heavy atom. The minimum Gasteiger partial charge on any atom is -0.376 e. The van der Waals surface area contributed by atoms with Gasteiger partial charge in [-0.25, -0.2) is 4.98 Å². The second kappa shape index (κ2) is 6.87. The quantitative estimate of drug-likeness (QED) is 0.855. The van der Waals surface area contributed by atoms with Crippen LogP contribution < -0.4 is 10.2 Å². The van der Waals surface area contributed by atoms with Crippen molar-refractivity contribution in [1.82, 2.24) is 10.3 Å². The summed E-state index contributed by atoms with van der Waals surface area (Å²) < 4.78 is 5.68. The Labute approximate surface area is 116 Å². The smallest absolute Gasteiger partial charge is 0.128 e. The van der Waals surface area contributed by atoms with Crippen molar-refractivity contribution in [3.05, 3.63) is 23.9 Å². The van der Waals surface area contributed by atoms with Crippen molar-refractivity contribution in [2.24, 2.45) is 0 Å². The number of pyridine rings is 1. The summed E-state index contributed by atoms with van der Waals surface area (Å²) in [5.74, 6) is 1.03. The first kappa shape index (κ1) is 14.3. The van der Waals surface area contributed by atoms with Crippen molar-refractivity contribution in [2.45, 2.75) is 38.8 Å². The topological polar surface area (TPSA) is 37.4 Å². The van der Waals surface area contributed by atoms with Gasteiger partial charge in [-0.15, -0.1) is 0 Å². The molecule has 0 bridgehead atoms. The van der Waals surface area contributed by atoms with Gasteiger partial charge in [0, 0.05) is 32.4 Å². The van der Waals surface area contributed by atoms with E-state index in [1.165, 1.54) is 12.0 Å². The maximum absolute atomic E-state index is 5.68. The molecular weight excluding hydrogens is 238 g/mol. The van der Waals surface area contributed by atoms with Crippen molar-refractivity contribution >= 4 is 5.82 Å². The van der Waals surface area contributed by atoms with Gasteiger partial charge in [-0.3, -0.25) is 0 Å². The zero-order valence-electron chi connectivity index (χ0n) is 12.2. The lowest BCUT2D eigenvalue weighted by molar-refractivity contribution is 0.116. The lowest BCUT2D eigenvalue weighted by atomic mass is 10.1. The van der Waals surface area contributed by atoms with Crippen LogP contribution in [0, 0.1) is 0 Å². The Hall–Kier alpha value is -1.13. The number of likely N-dealkylation sites (N-methyl/N-ethyl adjacent to an activating group) is 1. The summed E-state index contributed by atoms with van der Waals surface area (Å²) in [6.07, 6.45) is 4.60. The second-order valence-corrected chi connectivity index (χ2v) is 5.24. The van der Waals surface area contributed by atoms with Crippen LogP contribution in [0.2, 0.25) is 0 Å². The van der Waals surface area contributed by atoms with E-state index in [2.05, 4.69) is 48.2 Å². The summed E-state index contributed by atoms with van der Waals surface area (Å²) in [7, 11) is 2.09. The molecule has 19 heavy (non-hydrogen) atoms. The fourth-order valence-electron chi connectivity index (χ4n) is 2.52. The van der Waals surface area contributed by atoms with Crippen LogP contribution in [0.3, 0.4) is 0 Å². The van der Waals surface area contributed by atoms with Gasteiger partial charge >= 0.3 is 0 Å². The zero-order valence-corrected chi connectivity index (χ0v) is 12.2. The molecule has 0 saturated carbocycles. The Morgan fingerprint density at radius 1 is 1.58 bits per heavy atom. The maximum Gasteiger partial charge on any atom is 0.128 e. The van der Waals surface area contributed by atoms with Crippen molar-refractivity contribution in [3.63, 3.8) is 0 Å². The molecule has 2 atom stereocenters. The molecule has 2 unspecified atom stereocenters. The number of ether oxygens (including phenoxy) is 1. The molecule has 1 aliphatic rings. The first-order valence-corrected chi connectivity index (χ1v) is 7.22. The van der Waals surface area contributed by atoms with E-state index in [0.717, 1.165) is 31.9 Å². The van der Waals surface area contributed by atoms with Crippen molar-refractivity contribution in [1.29, 1.82) is 0 Å². The van der Waals surface area contributed by atoms with Gasteiger partial charge in [-0.1, -0.05) is 6.92 Å². The Bertz CT molecular complexity index is 391. The summed E-state index contributed by atoms with van der Waals surface area (Å²) >= 11 is 0. The molecule has 1 saturated heterocycles. The number of hydrogen-bond acceptors (Lipinski definition) is 4. The fourth-order valence-corrected chi connectivity index (χ4v) is 2.52. The van der Waals surface area contributed by atoms with Crippen LogP contribution in [-0.2, 0) is 4.74 Å². The van der Waals surface area contributed by atoms with Crippen LogP contribution in [0.1, 0.15) is 38.3 Å². The molecular formula is C15H25N3O. The van der Waals surface area contributed by atoms with E-state index in [-0.39, 0.29) is 0 Å². The Balaban J connectivity index is 2.00. The van der Waals surface area contributed by atoms with E-state index in [1.54, 1.807) is 0 Å². The molecule has 4 nitrogen and oxygen atoms in total. The predicted molar refractivity (Wildman–Crippen MR) is 78.6 cm³/mol. The highest BCUT2D eigenvalue weighted by atomic mass is 16.5. The first-order valence-electron chi connectivity index (χ1n) is 7.22. The van der Waals surface area contributed by atoms with Crippen molar-refractivity contribution in [2.75, 3.05) is 31.6 Å². The molecule has 1 aromatic heterocycles. The van der Waals surface area contributed by atoms with Gasteiger partial charge in [-0.05, 0) is 44.0 Å². The average Bonchev–Trinajstić information content (AvgIpc) is 2.92. The monoisotopic (exact) mass is 263 g/mol. The van der Waals surface area contributed by atoms with Crippen molar-refractivity contribution in [3.8, 4) is 0 Å². The van der Waals surface area contributed by atoms with Gasteiger partial charge < -0.3 is 15.0 Å². The first-order chi connectivity index (χ1) is 9.20. The minimum atomic E-state index is 0.363. The van der Waals surface area contributed by atoms with E-state index in [4.69, 9.17) is 4.74 Å². The van der Waals surface area contributed by atoms with Gasteiger partial charge in [0.25, 0.3) is 0 Å². The number of rotatable bonds is 6. The van der Waals surface area contributed by atoms with Crippen LogP contribution in [0.5, 0.6) is 0 Å². The van der Waals surface area contributed by atoms with E-state index in [9.17, 15) is 0 Å². The molecule has 0 aromatic carbocycles. The van der Waals surface area contributed by atoms with E-state index in [1.807, 2.05) is 6.20 Å². The molecule has 1 aromatic rings. The molecule has 1 fully saturated rings.